The van der Waals surface area contributed by atoms with Gasteiger partial charge in [-0.25, -0.2) is 0 Å². The Morgan fingerprint density at radius 1 is 1.19 bits per heavy atom. The van der Waals surface area contributed by atoms with Crippen molar-refractivity contribution in [2.24, 2.45) is 5.92 Å². The van der Waals surface area contributed by atoms with Crippen molar-refractivity contribution in [3.8, 4) is 5.75 Å². The van der Waals surface area contributed by atoms with E-state index in [1.165, 1.54) is 24.3 Å². The van der Waals surface area contributed by atoms with E-state index in [-0.39, 0.29) is 5.75 Å². The smallest absolute Gasteiger partial charge is 0.320 e. The highest BCUT2D eigenvalue weighted by molar-refractivity contribution is 5.96. The van der Waals surface area contributed by atoms with Crippen LogP contribution >= 0.6 is 0 Å². The lowest BCUT2D eigenvalue weighted by Gasteiger charge is -2.20. The minimum Gasteiger partial charge on any atom is -0.508 e. The van der Waals surface area contributed by atoms with Crippen molar-refractivity contribution in [2.75, 3.05) is 20.8 Å². The van der Waals surface area contributed by atoms with Gasteiger partial charge in [0.1, 0.15) is 5.75 Å². The van der Waals surface area contributed by atoms with Crippen LogP contribution < -0.4 is 0 Å². The van der Waals surface area contributed by atoms with Crippen LogP contribution in [0.1, 0.15) is 11.5 Å². The van der Waals surface area contributed by atoms with Gasteiger partial charge >= 0.3 is 11.9 Å². The predicted molar refractivity (Wildman–Crippen MR) is 70.2 cm³/mol. The third-order valence-corrected chi connectivity index (χ3v) is 2.98. The number of aromatic hydroxyl groups is 1. The van der Waals surface area contributed by atoms with Gasteiger partial charge in [0.15, 0.2) is 5.92 Å². The second-order valence-corrected chi connectivity index (χ2v) is 4.24. The van der Waals surface area contributed by atoms with Crippen molar-refractivity contribution in [3.63, 3.8) is 0 Å². The summed E-state index contributed by atoms with van der Waals surface area (Å²) in [6.45, 7) is -0.653. The molecule has 0 saturated carbocycles. The summed E-state index contributed by atoms with van der Waals surface area (Å²) in [7, 11) is 2.16. The lowest BCUT2D eigenvalue weighted by atomic mass is 9.86. The highest BCUT2D eigenvalue weighted by atomic mass is 16.6. The van der Waals surface area contributed by atoms with Gasteiger partial charge in [-0.2, -0.15) is 0 Å². The van der Waals surface area contributed by atoms with Crippen LogP contribution in [-0.2, 0) is 19.1 Å². The first kappa shape index (κ1) is 16.4. The quantitative estimate of drug-likeness (QED) is 0.356. The first-order valence-corrected chi connectivity index (χ1v) is 5.97. The van der Waals surface area contributed by atoms with E-state index in [1.54, 1.807) is 0 Å². The van der Waals surface area contributed by atoms with Crippen LogP contribution in [0.15, 0.2) is 24.3 Å². The Kier molecular flexibility index (Phi) is 5.65. The molecule has 1 rings (SSSR count). The number of esters is 2. The number of phenolic OH excluding ortho intramolecular Hbond substituents is 1. The van der Waals surface area contributed by atoms with Crippen molar-refractivity contribution in [2.45, 2.75) is 5.92 Å². The van der Waals surface area contributed by atoms with Gasteiger partial charge in [0.05, 0.1) is 20.1 Å². The summed E-state index contributed by atoms with van der Waals surface area (Å²) in [5.74, 6) is -4.37. The zero-order valence-corrected chi connectivity index (χ0v) is 11.5. The average Bonchev–Trinajstić information content (AvgIpc) is 2.46. The molecule has 8 heteroatoms. The molecule has 21 heavy (non-hydrogen) atoms. The lowest BCUT2D eigenvalue weighted by molar-refractivity contribution is -0.484. The maximum absolute atomic E-state index is 11.8. The Bertz CT molecular complexity index is 510. The average molecular weight is 297 g/mol. The van der Waals surface area contributed by atoms with E-state index in [4.69, 9.17) is 0 Å². The van der Waals surface area contributed by atoms with E-state index in [0.717, 1.165) is 14.2 Å². The number of carbonyl (C=O) groups is 2. The molecule has 0 spiro atoms. The van der Waals surface area contributed by atoms with Crippen LogP contribution in [0, 0.1) is 16.0 Å². The standard InChI is InChI=1S/C13H15NO7/c1-20-12(16)11(13(17)21-2)10(7-14(18)19)8-3-5-9(15)6-4-8/h3-6,10-11,15H,7H2,1-2H3. The molecular weight excluding hydrogens is 282 g/mol. The molecule has 0 amide bonds. The van der Waals surface area contributed by atoms with E-state index in [0.29, 0.717) is 5.56 Å². The summed E-state index contributed by atoms with van der Waals surface area (Å²) in [6.07, 6.45) is 0. The van der Waals surface area contributed by atoms with E-state index in [2.05, 4.69) is 9.47 Å². The highest BCUT2D eigenvalue weighted by Gasteiger charge is 2.40. The maximum Gasteiger partial charge on any atom is 0.320 e. The van der Waals surface area contributed by atoms with Gasteiger partial charge in [-0.15, -0.1) is 0 Å². The molecular formula is C13H15NO7. The minimum absolute atomic E-state index is 0.0358. The number of ether oxygens (including phenoxy) is 2. The Balaban J connectivity index is 3.25. The Hall–Kier alpha value is -2.64. The van der Waals surface area contributed by atoms with Gasteiger partial charge in [0.2, 0.25) is 6.54 Å². The van der Waals surface area contributed by atoms with E-state index in [1.807, 2.05) is 0 Å². The van der Waals surface area contributed by atoms with Crippen molar-refractivity contribution >= 4 is 11.9 Å². The van der Waals surface area contributed by atoms with Crippen molar-refractivity contribution in [1.82, 2.24) is 0 Å². The summed E-state index contributed by atoms with van der Waals surface area (Å²) < 4.78 is 9.06. The van der Waals surface area contributed by atoms with Gasteiger partial charge in [0, 0.05) is 4.92 Å². The number of methoxy groups -OCH3 is 2. The number of phenols is 1. The second-order valence-electron chi connectivity index (χ2n) is 4.24. The molecule has 0 saturated heterocycles. The predicted octanol–water partition coefficient (Wildman–Crippen LogP) is 0.715. The van der Waals surface area contributed by atoms with Crippen LogP contribution in [0.3, 0.4) is 0 Å². The molecule has 1 aromatic carbocycles. The number of nitrogens with zero attached hydrogens (tertiary/aromatic N) is 1. The lowest BCUT2D eigenvalue weighted by Crippen LogP contribution is -2.35. The summed E-state index contributed by atoms with van der Waals surface area (Å²) >= 11 is 0. The minimum atomic E-state index is -1.45. The Labute approximate surface area is 120 Å². The number of hydrogen-bond acceptors (Lipinski definition) is 7. The van der Waals surface area contributed by atoms with E-state index in [9.17, 15) is 24.8 Å². The van der Waals surface area contributed by atoms with Gasteiger partial charge in [-0.1, -0.05) is 12.1 Å². The summed E-state index contributed by atoms with van der Waals surface area (Å²) in [5, 5.41) is 20.1. The van der Waals surface area contributed by atoms with E-state index >= 15 is 0 Å². The number of hydrogen-bond donors (Lipinski definition) is 1. The zero-order chi connectivity index (χ0) is 16.0. The largest absolute Gasteiger partial charge is 0.508 e. The van der Waals surface area contributed by atoms with Crippen molar-refractivity contribution in [3.05, 3.63) is 39.9 Å². The van der Waals surface area contributed by atoms with Crippen molar-refractivity contribution in [1.29, 1.82) is 0 Å². The molecule has 0 aromatic heterocycles. The van der Waals surface area contributed by atoms with Gasteiger partial charge in [0.25, 0.3) is 0 Å². The fraction of sp³-hybridized carbons (Fsp3) is 0.385. The molecule has 0 radical (unpaired) electrons. The molecule has 0 aliphatic carbocycles. The molecule has 0 heterocycles. The molecule has 8 nitrogen and oxygen atoms in total. The fourth-order valence-electron chi connectivity index (χ4n) is 1.96. The molecule has 1 N–H and O–H groups in total. The molecule has 1 aromatic rings. The third-order valence-electron chi connectivity index (χ3n) is 2.98. The van der Waals surface area contributed by atoms with Crippen LogP contribution in [0.25, 0.3) is 0 Å². The summed E-state index contributed by atoms with van der Waals surface area (Å²) in [4.78, 5) is 33.8. The molecule has 0 aliphatic heterocycles. The Morgan fingerprint density at radius 2 is 1.67 bits per heavy atom. The van der Waals surface area contributed by atoms with Crippen LogP contribution in [-0.4, -0.2) is 42.7 Å². The van der Waals surface area contributed by atoms with Crippen LogP contribution in [0.4, 0.5) is 0 Å². The first-order chi connectivity index (χ1) is 9.90. The molecule has 1 atom stereocenters. The summed E-state index contributed by atoms with van der Waals surface area (Å²) in [5.41, 5.74) is 0.352. The fourth-order valence-corrected chi connectivity index (χ4v) is 1.96. The topological polar surface area (TPSA) is 116 Å². The number of nitro groups is 1. The molecule has 0 fully saturated rings. The number of benzene rings is 1. The highest BCUT2D eigenvalue weighted by Crippen LogP contribution is 2.28. The van der Waals surface area contributed by atoms with Crippen LogP contribution in [0.2, 0.25) is 0 Å². The van der Waals surface area contributed by atoms with E-state index < -0.39 is 35.2 Å². The molecule has 1 unspecified atom stereocenters. The van der Waals surface area contributed by atoms with Crippen molar-refractivity contribution < 1.29 is 29.1 Å². The molecule has 0 bridgehead atoms. The SMILES string of the molecule is COC(=O)C(C(=O)OC)C(C[N+](=O)[O-])c1ccc(O)cc1. The summed E-state index contributed by atoms with van der Waals surface area (Å²) in [6, 6.07) is 5.44. The number of rotatable bonds is 6. The molecule has 0 aliphatic rings. The van der Waals surface area contributed by atoms with Crippen LogP contribution in [0.5, 0.6) is 5.75 Å². The van der Waals surface area contributed by atoms with Gasteiger partial charge in [-0.05, 0) is 17.7 Å². The Morgan fingerprint density at radius 3 is 2.05 bits per heavy atom. The molecule has 114 valence electrons. The maximum atomic E-state index is 11.8. The first-order valence-electron chi connectivity index (χ1n) is 5.97. The zero-order valence-electron chi connectivity index (χ0n) is 11.5. The second kappa shape index (κ2) is 7.22. The van der Waals surface area contributed by atoms with Gasteiger partial charge in [-0.3, -0.25) is 19.7 Å². The third kappa shape index (κ3) is 4.16. The normalized spacial score (nSPS) is 11.8. The monoisotopic (exact) mass is 297 g/mol. The number of carbonyl (C=O) groups excluding carboxylic acids is 2. The van der Waals surface area contributed by atoms with Gasteiger partial charge < -0.3 is 14.6 Å².